The zero-order valence-electron chi connectivity index (χ0n) is 16.0. The van der Waals surface area contributed by atoms with Gasteiger partial charge in [-0.15, -0.1) is 0 Å². The number of carbonyl (C=O) groups is 1. The molecule has 3 heterocycles. The molecule has 0 unspecified atom stereocenters. The van der Waals surface area contributed by atoms with Crippen LogP contribution in [0.2, 0.25) is 0 Å². The topological polar surface area (TPSA) is 73.0 Å². The number of amides is 1. The number of hydrogen-bond acceptors (Lipinski definition) is 4. The molecule has 0 saturated carbocycles. The maximum Gasteiger partial charge on any atom is 0.268 e. The number of aromatic nitrogens is 3. The van der Waals surface area contributed by atoms with Crippen molar-refractivity contribution in [3.63, 3.8) is 0 Å². The first-order chi connectivity index (χ1) is 14.0. The van der Waals surface area contributed by atoms with Crippen molar-refractivity contribution in [2.24, 2.45) is 7.05 Å². The van der Waals surface area contributed by atoms with E-state index < -0.39 is 0 Å². The maximum atomic E-state index is 13.4. The third-order valence-corrected chi connectivity index (χ3v) is 4.52. The molecule has 0 aliphatic carbocycles. The monoisotopic (exact) mass is 390 g/mol. The average Bonchev–Trinajstić information content (AvgIpc) is 3.32. The molecule has 0 fully saturated rings. The summed E-state index contributed by atoms with van der Waals surface area (Å²) in [5.41, 5.74) is 2.70. The van der Waals surface area contributed by atoms with Gasteiger partial charge in [0.25, 0.3) is 5.91 Å². The third-order valence-electron chi connectivity index (χ3n) is 4.52. The van der Waals surface area contributed by atoms with Crippen molar-refractivity contribution in [2.75, 3.05) is 0 Å². The Hall–Kier alpha value is -3.74. The van der Waals surface area contributed by atoms with Crippen molar-refractivity contribution >= 4 is 5.91 Å². The highest BCUT2D eigenvalue weighted by Crippen LogP contribution is 2.23. The fraction of sp³-hybridized carbons (Fsp3) is 0.136. The van der Waals surface area contributed by atoms with Crippen LogP contribution < -0.4 is 5.32 Å². The smallest absolute Gasteiger partial charge is 0.268 e. The predicted octanol–water partition coefficient (Wildman–Crippen LogP) is 4.12. The van der Waals surface area contributed by atoms with Crippen LogP contribution in [-0.2, 0) is 13.6 Å². The van der Waals surface area contributed by atoms with Gasteiger partial charge >= 0.3 is 0 Å². The van der Waals surface area contributed by atoms with E-state index in [0.29, 0.717) is 29.4 Å². The summed E-state index contributed by atoms with van der Waals surface area (Å²) in [5, 5.41) is 2.85. The number of halogens is 1. The molecule has 6 nitrogen and oxygen atoms in total. The number of nitrogens with one attached hydrogen (secondary N) is 1. The summed E-state index contributed by atoms with van der Waals surface area (Å²) >= 11 is 0. The summed E-state index contributed by atoms with van der Waals surface area (Å²) in [4.78, 5) is 21.2. The van der Waals surface area contributed by atoms with E-state index in [1.807, 2.05) is 25.3 Å². The van der Waals surface area contributed by atoms with Gasteiger partial charge in [0.2, 0.25) is 0 Å². The second-order valence-corrected chi connectivity index (χ2v) is 6.73. The molecule has 7 heteroatoms. The molecule has 0 atom stereocenters. The van der Waals surface area contributed by atoms with Crippen molar-refractivity contribution < 1.29 is 13.6 Å². The van der Waals surface area contributed by atoms with Crippen LogP contribution in [0, 0.1) is 12.7 Å². The summed E-state index contributed by atoms with van der Waals surface area (Å²) in [6, 6.07) is 11.6. The zero-order valence-corrected chi connectivity index (χ0v) is 16.0. The number of nitrogens with zero attached hydrogens (tertiary/aromatic N) is 3. The molecule has 0 saturated heterocycles. The molecule has 0 bridgehead atoms. The van der Waals surface area contributed by atoms with Crippen LogP contribution >= 0.6 is 0 Å². The van der Waals surface area contributed by atoms with E-state index in [1.165, 1.54) is 12.1 Å². The van der Waals surface area contributed by atoms with E-state index in [1.54, 1.807) is 42.2 Å². The Bertz CT molecular complexity index is 1160. The minimum Gasteiger partial charge on any atom is -0.465 e. The van der Waals surface area contributed by atoms with Crippen LogP contribution in [-0.4, -0.2) is 20.4 Å². The Labute approximate surface area is 167 Å². The van der Waals surface area contributed by atoms with Crippen LogP contribution in [0.3, 0.4) is 0 Å². The lowest BCUT2D eigenvalue weighted by molar-refractivity contribution is 0.0939. The van der Waals surface area contributed by atoms with E-state index in [9.17, 15) is 9.18 Å². The van der Waals surface area contributed by atoms with E-state index in [-0.39, 0.29) is 11.7 Å². The third kappa shape index (κ3) is 4.08. The number of furan rings is 1. The fourth-order valence-corrected chi connectivity index (χ4v) is 3.04. The van der Waals surface area contributed by atoms with Gasteiger partial charge in [0.05, 0.1) is 6.54 Å². The number of hydrogen-bond donors (Lipinski definition) is 1. The molecule has 0 aliphatic rings. The van der Waals surface area contributed by atoms with E-state index in [0.717, 1.165) is 16.9 Å². The largest absolute Gasteiger partial charge is 0.465 e. The van der Waals surface area contributed by atoms with Gasteiger partial charge in [0.15, 0.2) is 5.82 Å². The molecule has 0 spiro atoms. The molecular formula is C22H19FN4O2. The fourth-order valence-electron chi connectivity index (χ4n) is 3.04. The molecule has 4 aromatic rings. The van der Waals surface area contributed by atoms with Crippen molar-refractivity contribution in [3.05, 3.63) is 84.1 Å². The SMILES string of the molecule is Cc1ccc(CNC(=O)c2cc(-c3cnc(-c4cccc(F)c4)nc3)cn2C)o1. The molecule has 0 aliphatic heterocycles. The molecule has 29 heavy (non-hydrogen) atoms. The summed E-state index contributed by atoms with van der Waals surface area (Å²) in [6.07, 6.45) is 5.16. The Morgan fingerprint density at radius 2 is 1.90 bits per heavy atom. The highest BCUT2D eigenvalue weighted by Gasteiger charge is 2.14. The first-order valence-electron chi connectivity index (χ1n) is 9.08. The first-order valence-corrected chi connectivity index (χ1v) is 9.08. The van der Waals surface area contributed by atoms with E-state index in [4.69, 9.17) is 4.42 Å². The average molecular weight is 390 g/mol. The number of aryl methyl sites for hydroxylation is 2. The lowest BCUT2D eigenvalue weighted by Crippen LogP contribution is -2.24. The molecule has 1 amide bonds. The highest BCUT2D eigenvalue weighted by molar-refractivity contribution is 5.94. The molecule has 1 aromatic carbocycles. The number of rotatable bonds is 5. The Balaban J connectivity index is 1.50. The van der Waals surface area contributed by atoms with Gasteiger partial charge in [-0.1, -0.05) is 12.1 Å². The van der Waals surface area contributed by atoms with E-state index >= 15 is 0 Å². The van der Waals surface area contributed by atoms with Crippen LogP contribution in [0.4, 0.5) is 4.39 Å². The van der Waals surface area contributed by atoms with Gasteiger partial charge in [0, 0.05) is 42.3 Å². The van der Waals surface area contributed by atoms with Crippen LogP contribution in [0.1, 0.15) is 22.0 Å². The van der Waals surface area contributed by atoms with Crippen molar-refractivity contribution in [1.82, 2.24) is 19.9 Å². The quantitative estimate of drug-likeness (QED) is 0.556. The number of carbonyl (C=O) groups excluding carboxylic acids is 1. The Morgan fingerprint density at radius 3 is 2.59 bits per heavy atom. The van der Waals surface area contributed by atoms with Gasteiger partial charge in [0.1, 0.15) is 23.0 Å². The lowest BCUT2D eigenvalue weighted by atomic mass is 10.1. The molecule has 0 radical (unpaired) electrons. The second-order valence-electron chi connectivity index (χ2n) is 6.73. The summed E-state index contributed by atoms with van der Waals surface area (Å²) in [7, 11) is 1.80. The lowest BCUT2D eigenvalue weighted by Gasteiger charge is -2.04. The minimum atomic E-state index is -0.335. The standard InChI is InChI=1S/C22H19FN4O2/c1-14-6-7-19(29-14)12-26-22(28)20-9-16(13-27(20)2)17-10-24-21(25-11-17)15-4-3-5-18(23)8-15/h3-11,13H,12H2,1-2H3,(H,26,28). The molecule has 1 N–H and O–H groups in total. The first kappa shape index (κ1) is 18.6. The second kappa shape index (κ2) is 7.71. The Kier molecular flexibility index (Phi) is 4.95. The Morgan fingerprint density at radius 1 is 1.10 bits per heavy atom. The van der Waals surface area contributed by atoms with Gasteiger partial charge in [-0.25, -0.2) is 14.4 Å². The molecule has 146 valence electrons. The van der Waals surface area contributed by atoms with Crippen LogP contribution in [0.25, 0.3) is 22.5 Å². The van der Waals surface area contributed by atoms with Crippen molar-refractivity contribution in [1.29, 1.82) is 0 Å². The summed E-state index contributed by atoms with van der Waals surface area (Å²) in [5.74, 6) is 1.41. The van der Waals surface area contributed by atoms with Gasteiger partial charge < -0.3 is 14.3 Å². The molecule has 3 aromatic heterocycles. The van der Waals surface area contributed by atoms with Crippen molar-refractivity contribution in [3.8, 4) is 22.5 Å². The molecular weight excluding hydrogens is 371 g/mol. The van der Waals surface area contributed by atoms with Crippen LogP contribution in [0.15, 0.2) is 65.5 Å². The van der Waals surface area contributed by atoms with Gasteiger partial charge in [-0.3, -0.25) is 4.79 Å². The zero-order chi connectivity index (χ0) is 20.4. The highest BCUT2D eigenvalue weighted by atomic mass is 19.1. The van der Waals surface area contributed by atoms with Gasteiger partial charge in [-0.2, -0.15) is 0 Å². The van der Waals surface area contributed by atoms with Crippen molar-refractivity contribution in [2.45, 2.75) is 13.5 Å². The maximum absolute atomic E-state index is 13.4. The minimum absolute atomic E-state index is 0.204. The van der Waals surface area contributed by atoms with Gasteiger partial charge in [-0.05, 0) is 37.3 Å². The molecule has 4 rings (SSSR count). The predicted molar refractivity (Wildman–Crippen MR) is 106 cm³/mol. The summed E-state index contributed by atoms with van der Waals surface area (Å²) < 4.78 is 20.6. The number of benzene rings is 1. The van der Waals surface area contributed by atoms with E-state index in [2.05, 4.69) is 15.3 Å². The summed E-state index contributed by atoms with van der Waals surface area (Å²) in [6.45, 7) is 2.18. The van der Waals surface area contributed by atoms with Crippen LogP contribution in [0.5, 0.6) is 0 Å². The normalized spacial score (nSPS) is 10.9.